The Labute approximate surface area is 121 Å². The van der Waals surface area contributed by atoms with Crippen LogP contribution in [0.15, 0.2) is 24.3 Å². The van der Waals surface area contributed by atoms with E-state index in [1.807, 2.05) is 19.9 Å². The van der Waals surface area contributed by atoms with Gasteiger partial charge in [-0.25, -0.2) is 10.2 Å². The van der Waals surface area contributed by atoms with Crippen molar-refractivity contribution in [1.29, 1.82) is 0 Å². The Hall–Kier alpha value is -2.48. The Bertz CT molecular complexity index is 609. The second kappa shape index (κ2) is 6.80. The van der Waals surface area contributed by atoms with E-state index in [0.717, 1.165) is 5.56 Å². The average Bonchev–Trinajstić information content (AvgIpc) is 2.47. The quantitative estimate of drug-likeness (QED) is 0.552. The van der Waals surface area contributed by atoms with Crippen LogP contribution < -0.4 is 21.3 Å². The topological polar surface area (TPSA) is 98.0 Å². The van der Waals surface area contributed by atoms with Gasteiger partial charge < -0.3 is 10.1 Å². The average molecular weight is 292 g/mol. The van der Waals surface area contributed by atoms with Crippen LogP contribution in [0.4, 0.5) is 16.3 Å². The number of nitrogens with zero attached hydrogens (tertiary/aromatic N) is 3. The Morgan fingerprint density at radius 2 is 2.05 bits per heavy atom. The molecule has 0 amide bonds. The van der Waals surface area contributed by atoms with Gasteiger partial charge in [-0.2, -0.15) is 15.0 Å². The molecule has 7 nitrogen and oxygen atoms in total. The van der Waals surface area contributed by atoms with Crippen LogP contribution in [0.3, 0.4) is 0 Å². The summed E-state index contributed by atoms with van der Waals surface area (Å²) in [6.45, 7) is 4.11. The fraction of sp³-hybridized carbons (Fsp3) is 0.308. The highest BCUT2D eigenvalue weighted by molar-refractivity contribution is 5.37. The molecule has 4 N–H and O–H groups in total. The molecule has 0 aliphatic rings. The lowest BCUT2D eigenvalue weighted by molar-refractivity contribution is 0.312. The van der Waals surface area contributed by atoms with Crippen LogP contribution in [0, 0.1) is 5.82 Å². The largest absolute Gasteiger partial charge is 0.464 e. The number of nitrogens with two attached hydrogens (primary N) is 1. The Kier molecular flexibility index (Phi) is 4.83. The number of ether oxygens (including phenoxy) is 1. The van der Waals surface area contributed by atoms with Crippen molar-refractivity contribution in [3.05, 3.63) is 35.6 Å². The van der Waals surface area contributed by atoms with E-state index in [0.29, 0.717) is 6.61 Å². The molecule has 1 aromatic heterocycles. The maximum atomic E-state index is 13.2. The number of halogens is 1. The fourth-order valence-electron chi connectivity index (χ4n) is 1.73. The number of rotatable bonds is 6. The molecule has 21 heavy (non-hydrogen) atoms. The molecule has 2 rings (SSSR count). The Morgan fingerprint density at radius 1 is 1.29 bits per heavy atom. The number of benzene rings is 1. The molecule has 1 heterocycles. The van der Waals surface area contributed by atoms with Crippen LogP contribution in [0.1, 0.15) is 25.5 Å². The van der Waals surface area contributed by atoms with Gasteiger partial charge in [0, 0.05) is 0 Å². The summed E-state index contributed by atoms with van der Waals surface area (Å²) in [5.41, 5.74) is 3.12. The summed E-state index contributed by atoms with van der Waals surface area (Å²) in [7, 11) is 0. The Balaban J connectivity index is 2.19. The molecule has 0 saturated carbocycles. The maximum Gasteiger partial charge on any atom is 0.323 e. The van der Waals surface area contributed by atoms with Crippen molar-refractivity contribution in [2.45, 2.75) is 19.9 Å². The molecule has 0 spiro atoms. The van der Waals surface area contributed by atoms with Crippen molar-refractivity contribution in [1.82, 2.24) is 15.0 Å². The van der Waals surface area contributed by atoms with Crippen LogP contribution in [-0.4, -0.2) is 21.6 Å². The number of nitrogens with one attached hydrogen (secondary N) is 2. The van der Waals surface area contributed by atoms with E-state index in [-0.39, 0.29) is 29.8 Å². The number of hydrogen-bond donors (Lipinski definition) is 3. The zero-order chi connectivity index (χ0) is 15.2. The van der Waals surface area contributed by atoms with Gasteiger partial charge in [0.1, 0.15) is 5.82 Å². The summed E-state index contributed by atoms with van der Waals surface area (Å²) in [6.07, 6.45) is 0. The van der Waals surface area contributed by atoms with Crippen LogP contribution in [0.2, 0.25) is 0 Å². The monoisotopic (exact) mass is 292 g/mol. The molecule has 2 aromatic rings. The lowest BCUT2D eigenvalue weighted by Crippen LogP contribution is -2.16. The minimum atomic E-state index is -0.295. The molecular formula is C13H17FN6O. The van der Waals surface area contributed by atoms with Gasteiger partial charge in [0.05, 0.1) is 12.6 Å². The number of aromatic nitrogens is 3. The zero-order valence-electron chi connectivity index (χ0n) is 11.8. The number of hydrogen-bond acceptors (Lipinski definition) is 7. The van der Waals surface area contributed by atoms with Crippen LogP contribution >= 0.6 is 0 Å². The predicted molar refractivity (Wildman–Crippen MR) is 77.2 cm³/mol. The van der Waals surface area contributed by atoms with Crippen LogP contribution in [-0.2, 0) is 0 Å². The van der Waals surface area contributed by atoms with Gasteiger partial charge in [0.2, 0.25) is 11.9 Å². The highest BCUT2D eigenvalue weighted by atomic mass is 19.1. The van der Waals surface area contributed by atoms with Gasteiger partial charge in [0.25, 0.3) is 0 Å². The van der Waals surface area contributed by atoms with Crippen molar-refractivity contribution < 1.29 is 9.13 Å². The second-order valence-corrected chi connectivity index (χ2v) is 4.26. The summed E-state index contributed by atoms with van der Waals surface area (Å²) in [6, 6.07) is 6.27. The summed E-state index contributed by atoms with van der Waals surface area (Å²) in [4.78, 5) is 12.1. The lowest BCUT2D eigenvalue weighted by Gasteiger charge is -2.15. The first-order valence-corrected chi connectivity index (χ1v) is 6.50. The summed E-state index contributed by atoms with van der Waals surface area (Å²) in [5.74, 6) is 5.49. The molecule has 0 saturated heterocycles. The first-order valence-electron chi connectivity index (χ1n) is 6.50. The Morgan fingerprint density at radius 3 is 2.71 bits per heavy atom. The summed E-state index contributed by atoms with van der Waals surface area (Å²) in [5, 5.41) is 3.05. The molecule has 1 aromatic carbocycles. The van der Waals surface area contributed by atoms with E-state index < -0.39 is 0 Å². The van der Waals surface area contributed by atoms with Crippen molar-refractivity contribution in [3.63, 3.8) is 0 Å². The smallest absolute Gasteiger partial charge is 0.323 e. The number of hydrazine groups is 1. The van der Waals surface area contributed by atoms with Crippen LogP contribution in [0.25, 0.3) is 0 Å². The third-order valence-corrected chi connectivity index (χ3v) is 2.71. The molecule has 0 bridgehead atoms. The third kappa shape index (κ3) is 3.99. The summed E-state index contributed by atoms with van der Waals surface area (Å²) >= 11 is 0. The molecule has 0 aliphatic carbocycles. The van der Waals surface area contributed by atoms with Gasteiger partial charge in [-0.1, -0.05) is 12.1 Å². The number of anilines is 2. The van der Waals surface area contributed by atoms with Crippen molar-refractivity contribution in [2.24, 2.45) is 5.84 Å². The zero-order valence-corrected chi connectivity index (χ0v) is 11.8. The molecule has 0 aliphatic heterocycles. The van der Waals surface area contributed by atoms with Crippen molar-refractivity contribution in [2.75, 3.05) is 17.3 Å². The molecule has 112 valence electrons. The molecule has 1 atom stereocenters. The van der Waals surface area contributed by atoms with Gasteiger partial charge in [-0.15, -0.1) is 0 Å². The van der Waals surface area contributed by atoms with Gasteiger partial charge in [-0.05, 0) is 31.5 Å². The lowest BCUT2D eigenvalue weighted by atomic mass is 10.1. The highest BCUT2D eigenvalue weighted by Gasteiger charge is 2.11. The van der Waals surface area contributed by atoms with Crippen LogP contribution in [0.5, 0.6) is 6.01 Å². The normalized spacial score (nSPS) is 11.8. The predicted octanol–water partition coefficient (Wildman–Crippen LogP) is 1.87. The number of nitrogen functional groups attached to an aromatic ring is 1. The van der Waals surface area contributed by atoms with E-state index in [1.165, 1.54) is 12.1 Å². The third-order valence-electron chi connectivity index (χ3n) is 2.71. The highest BCUT2D eigenvalue weighted by Crippen LogP contribution is 2.19. The van der Waals surface area contributed by atoms with E-state index in [4.69, 9.17) is 10.6 Å². The van der Waals surface area contributed by atoms with Gasteiger partial charge in [-0.3, -0.25) is 5.43 Å². The molecule has 8 heteroatoms. The summed E-state index contributed by atoms with van der Waals surface area (Å²) < 4.78 is 18.5. The first kappa shape index (κ1) is 14.9. The maximum absolute atomic E-state index is 13.2. The van der Waals surface area contributed by atoms with E-state index in [2.05, 4.69) is 25.7 Å². The molecule has 0 fully saturated rings. The van der Waals surface area contributed by atoms with E-state index in [1.54, 1.807) is 6.07 Å². The fourth-order valence-corrected chi connectivity index (χ4v) is 1.73. The first-order chi connectivity index (χ1) is 10.1. The minimum absolute atomic E-state index is 0.161. The van der Waals surface area contributed by atoms with Gasteiger partial charge >= 0.3 is 6.01 Å². The van der Waals surface area contributed by atoms with Gasteiger partial charge in [0.15, 0.2) is 0 Å². The van der Waals surface area contributed by atoms with Crippen molar-refractivity contribution in [3.8, 4) is 6.01 Å². The molecule has 0 radical (unpaired) electrons. The van der Waals surface area contributed by atoms with Crippen molar-refractivity contribution >= 4 is 11.9 Å². The van der Waals surface area contributed by atoms with E-state index in [9.17, 15) is 4.39 Å². The van der Waals surface area contributed by atoms with E-state index >= 15 is 0 Å². The second-order valence-electron chi connectivity index (χ2n) is 4.26. The SMILES string of the molecule is CCOc1nc(NN)nc(NC(C)c2cccc(F)c2)n1. The molecular weight excluding hydrogens is 275 g/mol. The standard InChI is InChI=1S/C13H17FN6O/c1-3-21-13-18-11(17-12(19-13)20-15)16-8(2)9-5-4-6-10(14)7-9/h4-8H,3,15H2,1-2H3,(H2,16,17,18,19,20). The minimum Gasteiger partial charge on any atom is -0.464 e. The molecule has 1 unspecified atom stereocenters.